The molecule has 0 aromatic heterocycles. The SMILES string of the molecule is OC1CC(O)C2CC(O[C@@H]3O[C@H](CO[C@H]4OC[C@@H](O)[C@@H](O)[C@@H]4O)[C@@H](O)[C@@H](O)[C@H]3O)C(C3CC(O)C(O)C(O)C3)OC2C1. The Balaban J connectivity index is 1.30. The highest BCUT2D eigenvalue weighted by Gasteiger charge is 2.53. The molecule has 5 rings (SSSR count). The largest absolute Gasteiger partial charge is 0.393 e. The fourth-order valence-corrected chi connectivity index (χ4v) is 6.92. The van der Waals surface area contributed by atoms with Gasteiger partial charge in [-0.1, -0.05) is 0 Å². The standard InChI is InChI=1S/C26H44O16/c27-9-3-11(28)10-5-16(24(40-15(10)4-9)8-1-12(29)18(32)13(30)2-8)41-26-23(37)21(35)20(34)17(42-26)7-39-25-22(36)19(33)14(31)6-38-25/h8-37H,1-7H2/t8?,9?,10?,11?,12?,13?,14-,15?,16?,17-,18?,19-,20-,21-,22+,23-,24?,25-,26-/m1/s1. The van der Waals surface area contributed by atoms with Gasteiger partial charge >= 0.3 is 0 Å². The minimum Gasteiger partial charge on any atom is -0.393 e. The van der Waals surface area contributed by atoms with Crippen molar-refractivity contribution in [1.82, 2.24) is 0 Å². The van der Waals surface area contributed by atoms with Gasteiger partial charge in [0.15, 0.2) is 12.6 Å². The van der Waals surface area contributed by atoms with Gasteiger partial charge in [-0.15, -0.1) is 0 Å². The Hall–Kier alpha value is -0.640. The van der Waals surface area contributed by atoms with Crippen LogP contribution in [0.25, 0.3) is 0 Å². The fraction of sp³-hybridized carbons (Fsp3) is 1.00. The van der Waals surface area contributed by atoms with Gasteiger partial charge in [0, 0.05) is 5.92 Å². The zero-order valence-corrected chi connectivity index (χ0v) is 22.9. The van der Waals surface area contributed by atoms with Crippen molar-refractivity contribution in [3.8, 4) is 0 Å². The molecule has 0 radical (unpaired) electrons. The zero-order chi connectivity index (χ0) is 30.5. The molecule has 0 aromatic carbocycles. The summed E-state index contributed by atoms with van der Waals surface area (Å²) in [5.74, 6) is -0.983. The first-order chi connectivity index (χ1) is 19.8. The van der Waals surface area contributed by atoms with E-state index in [1.165, 1.54) is 0 Å². The Morgan fingerprint density at radius 2 is 1.24 bits per heavy atom. The fourth-order valence-electron chi connectivity index (χ4n) is 6.92. The predicted molar refractivity (Wildman–Crippen MR) is 134 cm³/mol. The number of rotatable bonds is 6. The highest BCUT2D eigenvalue weighted by Crippen LogP contribution is 2.43. The van der Waals surface area contributed by atoms with E-state index in [0.29, 0.717) is 0 Å². The lowest BCUT2D eigenvalue weighted by atomic mass is 9.72. The Morgan fingerprint density at radius 1 is 0.571 bits per heavy atom. The van der Waals surface area contributed by atoms with Gasteiger partial charge in [0.05, 0.1) is 55.9 Å². The van der Waals surface area contributed by atoms with Gasteiger partial charge in [0.1, 0.15) is 48.8 Å². The van der Waals surface area contributed by atoms with E-state index in [-0.39, 0.29) is 38.7 Å². The van der Waals surface area contributed by atoms with E-state index in [2.05, 4.69) is 0 Å². The van der Waals surface area contributed by atoms with Crippen molar-refractivity contribution < 1.29 is 79.9 Å². The summed E-state index contributed by atoms with van der Waals surface area (Å²) in [5.41, 5.74) is 0. The molecule has 16 heteroatoms. The molecule has 11 N–H and O–H groups in total. The second-order valence-corrected chi connectivity index (χ2v) is 12.4. The van der Waals surface area contributed by atoms with Crippen LogP contribution in [0.15, 0.2) is 0 Å². The monoisotopic (exact) mass is 612 g/mol. The van der Waals surface area contributed by atoms with Gasteiger partial charge < -0.3 is 79.9 Å². The Kier molecular flexibility index (Phi) is 10.4. The van der Waals surface area contributed by atoms with Gasteiger partial charge in [0.25, 0.3) is 0 Å². The molecule has 3 saturated heterocycles. The maximum atomic E-state index is 10.8. The second-order valence-electron chi connectivity index (χ2n) is 12.4. The zero-order valence-electron chi connectivity index (χ0n) is 22.9. The highest BCUT2D eigenvalue weighted by atomic mass is 16.7. The van der Waals surface area contributed by atoms with E-state index in [0.717, 1.165) is 0 Å². The summed E-state index contributed by atoms with van der Waals surface area (Å²) < 4.78 is 28.9. The quantitative estimate of drug-likeness (QED) is 0.133. The first kappa shape index (κ1) is 32.7. The minimum atomic E-state index is -1.75. The van der Waals surface area contributed by atoms with E-state index >= 15 is 0 Å². The predicted octanol–water partition coefficient (Wildman–Crippen LogP) is -5.58. The smallest absolute Gasteiger partial charge is 0.187 e. The molecule has 0 spiro atoms. The van der Waals surface area contributed by atoms with Crippen molar-refractivity contribution in [2.45, 2.75) is 136 Å². The number of hydrogen-bond donors (Lipinski definition) is 11. The van der Waals surface area contributed by atoms with Crippen LogP contribution < -0.4 is 0 Å². The molecule has 0 amide bonds. The average molecular weight is 613 g/mol. The van der Waals surface area contributed by atoms with Crippen LogP contribution >= 0.6 is 0 Å². The first-order valence-electron chi connectivity index (χ1n) is 14.5. The molecule has 5 aliphatic rings. The Labute approximate surface area is 241 Å². The van der Waals surface area contributed by atoms with Gasteiger partial charge in [-0.25, -0.2) is 0 Å². The summed E-state index contributed by atoms with van der Waals surface area (Å²) in [7, 11) is 0. The van der Waals surface area contributed by atoms with Crippen molar-refractivity contribution in [3.63, 3.8) is 0 Å². The number of hydrogen-bond acceptors (Lipinski definition) is 16. The van der Waals surface area contributed by atoms with Crippen LogP contribution in [0.2, 0.25) is 0 Å². The molecule has 0 aromatic rings. The van der Waals surface area contributed by atoms with Gasteiger partial charge in [0.2, 0.25) is 0 Å². The van der Waals surface area contributed by atoms with Crippen LogP contribution in [0.1, 0.15) is 32.1 Å². The summed E-state index contributed by atoms with van der Waals surface area (Å²) in [5, 5.41) is 113. The van der Waals surface area contributed by atoms with E-state index in [9.17, 15) is 56.2 Å². The summed E-state index contributed by atoms with van der Waals surface area (Å²) in [6.07, 6.45) is -20.9. The Morgan fingerprint density at radius 3 is 1.93 bits per heavy atom. The summed E-state index contributed by atoms with van der Waals surface area (Å²) in [4.78, 5) is 0. The molecule has 2 saturated carbocycles. The lowest BCUT2D eigenvalue weighted by Gasteiger charge is -2.51. The first-order valence-corrected chi connectivity index (χ1v) is 14.5. The number of aliphatic hydroxyl groups is 11. The molecule has 16 nitrogen and oxygen atoms in total. The minimum absolute atomic E-state index is 0.0569. The third-order valence-electron chi connectivity index (χ3n) is 9.39. The molecule has 17 atom stereocenters. The molecule has 0 bridgehead atoms. The highest BCUT2D eigenvalue weighted by molar-refractivity contribution is 5.00. The molecule has 5 fully saturated rings. The Bertz CT molecular complexity index is 871. The summed E-state index contributed by atoms with van der Waals surface area (Å²) in [6.45, 7) is -0.792. The van der Waals surface area contributed by atoms with Gasteiger partial charge in [-0.05, 0) is 38.0 Å². The van der Waals surface area contributed by atoms with Crippen molar-refractivity contribution in [2.75, 3.05) is 13.2 Å². The molecular weight excluding hydrogens is 568 g/mol. The van der Waals surface area contributed by atoms with Crippen LogP contribution in [0.5, 0.6) is 0 Å². The normalized spacial score (nSPS) is 55.6. The molecule has 3 aliphatic heterocycles. The van der Waals surface area contributed by atoms with Crippen LogP contribution in [-0.4, -0.2) is 174 Å². The third kappa shape index (κ3) is 6.64. The van der Waals surface area contributed by atoms with Crippen LogP contribution in [0.3, 0.4) is 0 Å². The van der Waals surface area contributed by atoms with E-state index in [1.807, 2.05) is 0 Å². The molecular formula is C26H44O16. The molecule has 2 aliphatic carbocycles. The van der Waals surface area contributed by atoms with Crippen molar-refractivity contribution >= 4 is 0 Å². The molecule has 8 unspecified atom stereocenters. The van der Waals surface area contributed by atoms with Crippen molar-refractivity contribution in [3.05, 3.63) is 0 Å². The van der Waals surface area contributed by atoms with Crippen molar-refractivity contribution in [1.29, 1.82) is 0 Å². The lowest BCUT2D eigenvalue weighted by molar-refractivity contribution is -0.343. The second kappa shape index (κ2) is 13.4. The van der Waals surface area contributed by atoms with E-state index in [4.69, 9.17) is 23.7 Å². The van der Waals surface area contributed by atoms with Crippen molar-refractivity contribution in [2.24, 2.45) is 11.8 Å². The van der Waals surface area contributed by atoms with Gasteiger partial charge in [-0.3, -0.25) is 0 Å². The maximum absolute atomic E-state index is 10.8. The molecule has 3 heterocycles. The van der Waals surface area contributed by atoms with Crippen LogP contribution in [0, 0.1) is 11.8 Å². The average Bonchev–Trinajstić information content (AvgIpc) is 2.94. The maximum Gasteiger partial charge on any atom is 0.187 e. The number of aliphatic hydroxyl groups excluding tert-OH is 11. The number of ether oxygens (including phenoxy) is 5. The molecule has 244 valence electrons. The van der Waals surface area contributed by atoms with E-state index < -0.39 is 123 Å². The van der Waals surface area contributed by atoms with Crippen LogP contribution in [-0.2, 0) is 23.7 Å². The third-order valence-corrected chi connectivity index (χ3v) is 9.39. The topological polar surface area (TPSA) is 269 Å². The molecule has 42 heavy (non-hydrogen) atoms. The van der Waals surface area contributed by atoms with Crippen LogP contribution in [0.4, 0.5) is 0 Å². The number of fused-ring (bicyclic) bond motifs is 1. The lowest BCUT2D eigenvalue weighted by Crippen LogP contribution is -2.63. The summed E-state index contributed by atoms with van der Waals surface area (Å²) in [6, 6.07) is 0. The van der Waals surface area contributed by atoms with Gasteiger partial charge in [-0.2, -0.15) is 0 Å². The van der Waals surface area contributed by atoms with E-state index in [1.54, 1.807) is 0 Å². The summed E-state index contributed by atoms with van der Waals surface area (Å²) >= 11 is 0.